The Hall–Kier alpha value is -1.46. The van der Waals surface area contributed by atoms with Gasteiger partial charge in [-0.3, -0.25) is 0 Å². The molecule has 0 saturated heterocycles. The molecular formula is C13H11ClFNO2S. The van der Waals surface area contributed by atoms with Crippen molar-refractivity contribution < 1.29 is 13.9 Å². The van der Waals surface area contributed by atoms with Crippen LogP contribution >= 0.6 is 22.9 Å². The second-order valence-electron chi connectivity index (χ2n) is 3.77. The molecule has 0 spiro atoms. The Bertz CT molecular complexity index is 627. The molecule has 0 N–H and O–H groups in total. The van der Waals surface area contributed by atoms with E-state index in [1.807, 2.05) is 0 Å². The van der Waals surface area contributed by atoms with Crippen LogP contribution in [0.5, 0.6) is 0 Å². The molecule has 6 heteroatoms. The number of carbonyl (C=O) groups is 1. The first-order valence-electron chi connectivity index (χ1n) is 5.63. The van der Waals surface area contributed by atoms with Gasteiger partial charge in [0.1, 0.15) is 10.8 Å². The third-order valence-corrected chi connectivity index (χ3v) is 3.66. The summed E-state index contributed by atoms with van der Waals surface area (Å²) in [5, 5.41) is 0.836. The molecule has 2 aromatic rings. The van der Waals surface area contributed by atoms with Crippen molar-refractivity contribution in [3.05, 3.63) is 39.6 Å². The maximum absolute atomic E-state index is 13.7. The first-order valence-corrected chi connectivity index (χ1v) is 6.82. The number of esters is 1. The molecule has 100 valence electrons. The maximum atomic E-state index is 13.7. The predicted molar refractivity (Wildman–Crippen MR) is 73.2 cm³/mol. The van der Waals surface area contributed by atoms with Crippen LogP contribution in [0.15, 0.2) is 18.2 Å². The van der Waals surface area contributed by atoms with E-state index in [1.54, 1.807) is 13.8 Å². The standard InChI is InChI=1S/C13H11ClFNO2S/c1-3-18-13(17)11-7(2)19-12(16-11)9-6-8(14)4-5-10(9)15/h4-6H,3H2,1-2H3. The second-order valence-corrected chi connectivity index (χ2v) is 5.41. The molecule has 0 aliphatic rings. The lowest BCUT2D eigenvalue weighted by molar-refractivity contribution is 0.0519. The van der Waals surface area contributed by atoms with E-state index in [2.05, 4.69) is 4.98 Å². The molecule has 0 bridgehead atoms. The van der Waals surface area contributed by atoms with Gasteiger partial charge < -0.3 is 4.74 Å². The van der Waals surface area contributed by atoms with Crippen LogP contribution in [0.1, 0.15) is 22.3 Å². The molecule has 0 amide bonds. The van der Waals surface area contributed by atoms with Gasteiger partial charge in [0.15, 0.2) is 5.69 Å². The molecule has 19 heavy (non-hydrogen) atoms. The molecule has 1 aromatic carbocycles. The van der Waals surface area contributed by atoms with Gasteiger partial charge in [-0.15, -0.1) is 11.3 Å². The second kappa shape index (κ2) is 5.67. The molecule has 0 saturated carbocycles. The van der Waals surface area contributed by atoms with Crippen LogP contribution in [0.3, 0.4) is 0 Å². The highest BCUT2D eigenvalue weighted by Crippen LogP contribution is 2.31. The molecule has 0 aliphatic carbocycles. The van der Waals surface area contributed by atoms with Crippen LogP contribution in [0, 0.1) is 12.7 Å². The van der Waals surface area contributed by atoms with E-state index in [-0.39, 0.29) is 17.9 Å². The van der Waals surface area contributed by atoms with E-state index in [9.17, 15) is 9.18 Å². The van der Waals surface area contributed by atoms with Crippen molar-refractivity contribution in [2.24, 2.45) is 0 Å². The van der Waals surface area contributed by atoms with Crippen molar-refractivity contribution in [1.29, 1.82) is 0 Å². The molecule has 1 aromatic heterocycles. The summed E-state index contributed by atoms with van der Waals surface area (Å²) >= 11 is 7.08. The Morgan fingerprint density at radius 3 is 2.95 bits per heavy atom. The predicted octanol–water partition coefficient (Wildman–Crippen LogP) is 4.09. The van der Waals surface area contributed by atoms with E-state index in [4.69, 9.17) is 16.3 Å². The summed E-state index contributed by atoms with van der Waals surface area (Å²) in [7, 11) is 0. The number of nitrogens with zero attached hydrogens (tertiary/aromatic N) is 1. The van der Waals surface area contributed by atoms with E-state index in [0.29, 0.717) is 14.9 Å². The van der Waals surface area contributed by atoms with Crippen LogP contribution in [0.25, 0.3) is 10.6 Å². The highest BCUT2D eigenvalue weighted by Gasteiger charge is 2.19. The summed E-state index contributed by atoms with van der Waals surface area (Å²) in [4.78, 5) is 16.5. The number of aryl methyl sites for hydroxylation is 1. The number of rotatable bonds is 3. The highest BCUT2D eigenvalue weighted by molar-refractivity contribution is 7.15. The van der Waals surface area contributed by atoms with Gasteiger partial charge in [0.25, 0.3) is 0 Å². The van der Waals surface area contributed by atoms with Gasteiger partial charge in [-0.05, 0) is 32.0 Å². The third-order valence-electron chi connectivity index (χ3n) is 2.42. The van der Waals surface area contributed by atoms with Crippen LogP contribution in [0.4, 0.5) is 4.39 Å². The van der Waals surface area contributed by atoms with Gasteiger partial charge >= 0.3 is 5.97 Å². The van der Waals surface area contributed by atoms with Gasteiger partial charge in [-0.25, -0.2) is 14.2 Å². The average Bonchev–Trinajstić information content (AvgIpc) is 2.74. The molecular weight excluding hydrogens is 289 g/mol. The molecule has 0 aliphatic heterocycles. The summed E-state index contributed by atoms with van der Waals surface area (Å²) in [6, 6.07) is 4.23. The van der Waals surface area contributed by atoms with Crippen molar-refractivity contribution in [1.82, 2.24) is 4.98 Å². The first kappa shape index (κ1) is 14.0. The lowest BCUT2D eigenvalue weighted by Crippen LogP contribution is -2.06. The van der Waals surface area contributed by atoms with Gasteiger partial charge in [0, 0.05) is 15.5 Å². The van der Waals surface area contributed by atoms with Crippen molar-refractivity contribution >= 4 is 28.9 Å². The van der Waals surface area contributed by atoms with Gasteiger partial charge in [-0.2, -0.15) is 0 Å². The fourth-order valence-corrected chi connectivity index (χ4v) is 2.65. The summed E-state index contributed by atoms with van der Waals surface area (Å²) < 4.78 is 18.6. The van der Waals surface area contributed by atoms with Crippen molar-refractivity contribution in [2.45, 2.75) is 13.8 Å². The molecule has 0 fully saturated rings. The fraction of sp³-hybridized carbons (Fsp3) is 0.231. The Kier molecular flexibility index (Phi) is 4.17. The van der Waals surface area contributed by atoms with Crippen molar-refractivity contribution in [2.75, 3.05) is 6.61 Å². The number of thiazole rings is 1. The number of carbonyl (C=O) groups excluding carboxylic acids is 1. The SMILES string of the molecule is CCOC(=O)c1nc(-c2cc(Cl)ccc2F)sc1C. The largest absolute Gasteiger partial charge is 0.461 e. The minimum Gasteiger partial charge on any atom is -0.461 e. The van der Waals surface area contributed by atoms with E-state index in [1.165, 1.54) is 29.5 Å². The summed E-state index contributed by atoms with van der Waals surface area (Å²) in [6.07, 6.45) is 0. The first-order chi connectivity index (χ1) is 9.02. The Balaban J connectivity index is 2.44. The summed E-state index contributed by atoms with van der Waals surface area (Å²) in [6.45, 7) is 3.74. The summed E-state index contributed by atoms with van der Waals surface area (Å²) in [5.41, 5.74) is 0.511. The van der Waals surface area contributed by atoms with E-state index in [0.717, 1.165) is 0 Å². The number of hydrogen-bond donors (Lipinski definition) is 0. The lowest BCUT2D eigenvalue weighted by atomic mass is 10.2. The van der Waals surface area contributed by atoms with Gasteiger partial charge in [-0.1, -0.05) is 11.6 Å². The normalized spacial score (nSPS) is 10.5. The minimum absolute atomic E-state index is 0.223. The molecule has 0 radical (unpaired) electrons. The van der Waals surface area contributed by atoms with Gasteiger partial charge in [0.2, 0.25) is 0 Å². The van der Waals surface area contributed by atoms with Crippen LogP contribution in [-0.4, -0.2) is 17.6 Å². The van der Waals surface area contributed by atoms with Crippen LogP contribution in [-0.2, 0) is 4.74 Å². The third kappa shape index (κ3) is 2.93. The molecule has 0 unspecified atom stereocenters. The number of aromatic nitrogens is 1. The molecule has 2 rings (SSSR count). The number of hydrogen-bond acceptors (Lipinski definition) is 4. The fourth-order valence-electron chi connectivity index (χ4n) is 1.56. The van der Waals surface area contributed by atoms with E-state index < -0.39 is 11.8 Å². The summed E-state index contributed by atoms with van der Waals surface area (Å²) in [5.74, 6) is -0.918. The van der Waals surface area contributed by atoms with Crippen LogP contribution < -0.4 is 0 Å². The average molecular weight is 300 g/mol. The minimum atomic E-state index is -0.495. The maximum Gasteiger partial charge on any atom is 0.358 e. The topological polar surface area (TPSA) is 39.2 Å². The zero-order chi connectivity index (χ0) is 14.0. The monoisotopic (exact) mass is 299 g/mol. The van der Waals surface area contributed by atoms with Gasteiger partial charge in [0.05, 0.1) is 6.61 Å². The molecule has 1 heterocycles. The van der Waals surface area contributed by atoms with Crippen molar-refractivity contribution in [3.63, 3.8) is 0 Å². The quantitative estimate of drug-likeness (QED) is 0.801. The number of halogens is 2. The Morgan fingerprint density at radius 1 is 1.53 bits per heavy atom. The molecule has 0 atom stereocenters. The Labute approximate surface area is 119 Å². The lowest BCUT2D eigenvalue weighted by Gasteiger charge is -1.99. The van der Waals surface area contributed by atoms with Crippen LogP contribution in [0.2, 0.25) is 5.02 Å². The highest BCUT2D eigenvalue weighted by atomic mass is 35.5. The zero-order valence-corrected chi connectivity index (χ0v) is 11.9. The zero-order valence-electron chi connectivity index (χ0n) is 10.4. The molecule has 3 nitrogen and oxygen atoms in total. The van der Waals surface area contributed by atoms with Crippen molar-refractivity contribution in [3.8, 4) is 10.6 Å². The smallest absolute Gasteiger partial charge is 0.358 e. The number of ether oxygens (including phenoxy) is 1. The van der Waals surface area contributed by atoms with E-state index >= 15 is 0 Å². The number of benzene rings is 1. The Morgan fingerprint density at radius 2 is 2.26 bits per heavy atom.